The van der Waals surface area contributed by atoms with E-state index in [-0.39, 0.29) is 0 Å². The Kier molecular flexibility index (Phi) is 13.4. The van der Waals surface area contributed by atoms with Gasteiger partial charge in [-0.25, -0.2) is 29.9 Å². The van der Waals surface area contributed by atoms with Crippen molar-refractivity contribution < 1.29 is 0 Å². The molecule has 1 unspecified atom stereocenters. The molecule has 12 aromatic carbocycles. The molecule has 16 aromatic rings. The van der Waals surface area contributed by atoms with Crippen molar-refractivity contribution in [1.82, 2.24) is 39.9 Å². The Bertz CT molecular complexity index is 5880. The first-order chi connectivity index (χ1) is 49.5. The summed E-state index contributed by atoms with van der Waals surface area (Å²) in [7, 11) is 0. The predicted molar refractivity (Wildman–Crippen MR) is 401 cm³/mol. The first kappa shape index (κ1) is 57.9. The van der Waals surface area contributed by atoms with Gasteiger partial charge in [-0.2, -0.15) is 0 Å². The fourth-order valence-electron chi connectivity index (χ4n) is 16.0. The molecule has 0 N–H and O–H groups in total. The van der Waals surface area contributed by atoms with Crippen LogP contribution in [0.1, 0.15) is 44.5 Å². The van der Waals surface area contributed by atoms with E-state index >= 15 is 0 Å². The number of fused-ring (bicyclic) bond motifs is 18. The normalized spacial score (nSPS) is 14.4. The minimum atomic E-state index is -0.610. The van der Waals surface area contributed by atoms with E-state index in [1.54, 1.807) is 0 Å². The van der Waals surface area contributed by atoms with Crippen LogP contribution in [-0.2, 0) is 10.8 Å². The van der Waals surface area contributed by atoms with Crippen LogP contribution in [-0.4, -0.2) is 39.9 Å². The molecule has 0 fully saturated rings. The fourth-order valence-corrected chi connectivity index (χ4v) is 18.4. The van der Waals surface area contributed by atoms with Crippen molar-refractivity contribution in [3.05, 3.63) is 372 Å². The fraction of sp³-hybridized carbons (Fsp3) is 0.0222. The summed E-state index contributed by atoms with van der Waals surface area (Å²) in [4.78, 5) is 45.9. The molecule has 6 heterocycles. The Balaban J connectivity index is 0.663. The molecule has 4 aromatic heterocycles. The topological polar surface area (TPSA) is 103 Å². The van der Waals surface area contributed by atoms with Crippen molar-refractivity contribution in [1.29, 1.82) is 0 Å². The van der Waals surface area contributed by atoms with Gasteiger partial charge in [-0.3, -0.25) is 9.97 Å². The monoisotopic (exact) mass is 1310 g/mol. The molecule has 10 heteroatoms. The molecule has 2 aliphatic heterocycles. The largest absolute Gasteiger partial charge is 0.255 e. The van der Waals surface area contributed by atoms with Crippen molar-refractivity contribution in [3.8, 4) is 124 Å². The van der Waals surface area contributed by atoms with Crippen LogP contribution in [0.25, 0.3) is 124 Å². The van der Waals surface area contributed by atoms with E-state index in [1.165, 1.54) is 86.3 Å². The molecule has 0 saturated carbocycles. The zero-order chi connectivity index (χ0) is 65.9. The van der Waals surface area contributed by atoms with Crippen LogP contribution in [0.4, 0.5) is 0 Å². The Morgan fingerprint density at radius 3 is 1.15 bits per heavy atom. The Hall–Kier alpha value is -12.3. The van der Waals surface area contributed by atoms with Gasteiger partial charge in [0.2, 0.25) is 0 Å². The van der Waals surface area contributed by atoms with Crippen LogP contribution in [0.5, 0.6) is 0 Å². The number of hydrogen-bond acceptors (Lipinski definition) is 10. The van der Waals surface area contributed by atoms with Crippen LogP contribution >= 0.6 is 23.5 Å². The molecular formula is C90H54N8S2. The quantitative estimate of drug-likeness (QED) is 0.139. The molecule has 466 valence electrons. The van der Waals surface area contributed by atoms with E-state index in [9.17, 15) is 0 Å². The van der Waals surface area contributed by atoms with Crippen molar-refractivity contribution in [2.75, 3.05) is 0 Å². The number of aromatic nitrogens is 8. The number of rotatable bonds is 9. The smallest absolute Gasteiger partial charge is 0.166 e. The molecule has 0 amide bonds. The van der Waals surface area contributed by atoms with Gasteiger partial charge in [0.05, 0.1) is 22.2 Å². The number of benzene rings is 12. The third kappa shape index (κ3) is 8.97. The third-order valence-electron chi connectivity index (χ3n) is 20.3. The molecule has 1 atom stereocenters. The van der Waals surface area contributed by atoms with Gasteiger partial charge < -0.3 is 0 Å². The Labute approximate surface area is 586 Å². The molecule has 100 heavy (non-hydrogen) atoms. The average Bonchev–Trinajstić information content (AvgIpc) is 1.50. The number of pyridine rings is 2. The van der Waals surface area contributed by atoms with Crippen molar-refractivity contribution in [3.63, 3.8) is 0 Å². The Morgan fingerprint density at radius 1 is 0.220 bits per heavy atom. The van der Waals surface area contributed by atoms with E-state index in [1.807, 2.05) is 121 Å². The predicted octanol–water partition coefficient (Wildman–Crippen LogP) is 21.5. The highest BCUT2D eigenvalue weighted by Gasteiger charge is 2.52. The van der Waals surface area contributed by atoms with Gasteiger partial charge in [0.15, 0.2) is 34.9 Å². The zero-order valence-electron chi connectivity index (χ0n) is 53.6. The maximum absolute atomic E-state index is 5.39. The molecule has 2 spiro atoms. The molecule has 2 aliphatic carbocycles. The van der Waals surface area contributed by atoms with Gasteiger partial charge in [0.1, 0.15) is 0 Å². The van der Waals surface area contributed by atoms with E-state index < -0.39 is 10.8 Å². The molecule has 0 saturated heterocycles. The van der Waals surface area contributed by atoms with Gasteiger partial charge in [-0.05, 0) is 126 Å². The lowest BCUT2D eigenvalue weighted by molar-refractivity contribution is 0.722. The van der Waals surface area contributed by atoms with E-state index in [2.05, 4.69) is 231 Å². The SMILES string of the molecule is c1ccc(-c2nc(-c3ccccc3)nc(-c3ccc(-c4ccc5c(c4)Sc4ccccc4C54c5ccccc5-c5c(-c6ccc(-c7nc(-c8ccccc8)nc(-c8cccnc8-c8ccc9c(c8)Sc8ccccc8C98c9ccccc9-c9ccccc98)n7)cc6)cccc54)nc3)n2)cc1. The van der Waals surface area contributed by atoms with Crippen molar-refractivity contribution in [2.24, 2.45) is 0 Å². The molecule has 0 radical (unpaired) electrons. The Morgan fingerprint density at radius 2 is 0.600 bits per heavy atom. The summed E-state index contributed by atoms with van der Waals surface area (Å²) in [5.74, 6) is 3.49. The second kappa shape index (κ2) is 23.2. The third-order valence-corrected chi connectivity index (χ3v) is 22.5. The standard InChI is InChI=1S/C90H54N8S2/c1-4-22-56(23-5-1)83-93-84(57-24-6-2-7-25-57)96-87(95-83)62-47-50-76(92-54-62)60-45-48-74-79(52-60)99-78-40-19-17-37-72(78)90(74)70-35-15-12-30-66(70)81-63(31-20-38-75(81)90)55-41-43-59(44-42-55)86-94-85(58-26-8-3-9-27-58)97-88(98-86)67-32-21-51-91-82(67)61-46-49-73-80(53-61)100-77-39-18-16-36-71(77)89(73)68-33-13-10-28-64(68)65-29-11-14-34-69(65)89/h1-54H. The highest BCUT2D eigenvalue weighted by atomic mass is 32.2. The summed E-state index contributed by atoms with van der Waals surface area (Å²) < 4.78 is 0. The van der Waals surface area contributed by atoms with Crippen LogP contribution in [0.15, 0.2) is 347 Å². The lowest BCUT2D eigenvalue weighted by Crippen LogP contribution is -2.32. The highest BCUT2D eigenvalue weighted by Crippen LogP contribution is 2.65. The second-order valence-corrected chi connectivity index (χ2v) is 27.8. The van der Waals surface area contributed by atoms with Crippen LogP contribution < -0.4 is 0 Å². The molecule has 8 nitrogen and oxygen atoms in total. The van der Waals surface area contributed by atoms with Gasteiger partial charge in [-0.1, -0.05) is 290 Å². The van der Waals surface area contributed by atoms with Crippen LogP contribution in [0.3, 0.4) is 0 Å². The van der Waals surface area contributed by atoms with Gasteiger partial charge >= 0.3 is 0 Å². The van der Waals surface area contributed by atoms with E-state index in [0.717, 1.165) is 67.0 Å². The minimum Gasteiger partial charge on any atom is -0.255 e. The van der Waals surface area contributed by atoms with Gasteiger partial charge in [0, 0.05) is 76.5 Å². The van der Waals surface area contributed by atoms with Gasteiger partial charge in [-0.15, -0.1) is 0 Å². The number of nitrogens with zero attached hydrogens (tertiary/aromatic N) is 8. The summed E-state index contributed by atoms with van der Waals surface area (Å²) in [5, 5.41) is 0. The second-order valence-electron chi connectivity index (χ2n) is 25.6. The van der Waals surface area contributed by atoms with E-state index in [4.69, 9.17) is 39.9 Å². The first-order valence-corrected chi connectivity index (χ1v) is 35.2. The van der Waals surface area contributed by atoms with Crippen LogP contribution in [0, 0.1) is 0 Å². The highest BCUT2D eigenvalue weighted by molar-refractivity contribution is 7.99. The van der Waals surface area contributed by atoms with Crippen molar-refractivity contribution in [2.45, 2.75) is 30.4 Å². The summed E-state index contributed by atoms with van der Waals surface area (Å²) in [5.41, 5.74) is 25.2. The molecule has 0 bridgehead atoms. The first-order valence-electron chi connectivity index (χ1n) is 33.5. The number of hydrogen-bond donors (Lipinski definition) is 0. The summed E-state index contributed by atoms with van der Waals surface area (Å²) in [6, 6.07) is 113. The maximum Gasteiger partial charge on any atom is 0.166 e. The van der Waals surface area contributed by atoms with Gasteiger partial charge in [0.25, 0.3) is 0 Å². The van der Waals surface area contributed by atoms with E-state index in [0.29, 0.717) is 34.9 Å². The lowest BCUT2D eigenvalue weighted by atomic mass is 9.67. The van der Waals surface area contributed by atoms with Crippen LogP contribution in [0.2, 0.25) is 0 Å². The zero-order valence-corrected chi connectivity index (χ0v) is 55.2. The molecule has 4 aliphatic rings. The average molecular weight is 1310 g/mol. The molecular weight excluding hydrogens is 1260 g/mol. The van der Waals surface area contributed by atoms with Crippen molar-refractivity contribution >= 4 is 23.5 Å². The summed E-state index contributed by atoms with van der Waals surface area (Å²) in [6.45, 7) is 0. The lowest BCUT2D eigenvalue weighted by Gasteiger charge is -2.39. The minimum absolute atomic E-state index is 0.483. The summed E-state index contributed by atoms with van der Waals surface area (Å²) >= 11 is 3.65. The summed E-state index contributed by atoms with van der Waals surface area (Å²) in [6.07, 6.45) is 3.75. The molecule has 20 rings (SSSR count). The maximum atomic E-state index is 5.39.